The maximum absolute atomic E-state index is 12.4. The highest BCUT2D eigenvalue weighted by Crippen LogP contribution is 2.12. The highest BCUT2D eigenvalue weighted by Gasteiger charge is 2.14. The van der Waals surface area contributed by atoms with Crippen LogP contribution in [0.25, 0.3) is 10.9 Å². The maximum atomic E-state index is 12.4. The van der Waals surface area contributed by atoms with Crippen molar-refractivity contribution in [3.63, 3.8) is 0 Å². The van der Waals surface area contributed by atoms with E-state index in [9.17, 15) is 9.59 Å². The molecule has 0 radical (unpaired) electrons. The predicted molar refractivity (Wildman–Crippen MR) is 88.3 cm³/mol. The summed E-state index contributed by atoms with van der Waals surface area (Å²) in [4.78, 5) is 24.8. The number of para-hydroxylation sites is 1. The molecule has 2 aromatic heterocycles. The van der Waals surface area contributed by atoms with Crippen molar-refractivity contribution in [3.05, 3.63) is 63.7 Å². The van der Waals surface area contributed by atoms with Crippen LogP contribution in [0.3, 0.4) is 0 Å². The predicted octanol–water partition coefficient (Wildman–Crippen LogP) is 1.51. The van der Waals surface area contributed by atoms with Crippen molar-refractivity contribution >= 4 is 16.8 Å². The molecule has 118 valence electrons. The first-order valence-corrected chi connectivity index (χ1v) is 7.34. The molecule has 0 atom stereocenters. The summed E-state index contributed by atoms with van der Waals surface area (Å²) in [5.41, 5.74) is 2.41. The van der Waals surface area contributed by atoms with Gasteiger partial charge in [-0.2, -0.15) is 5.10 Å². The molecule has 1 N–H and O–H groups in total. The Kier molecular flexibility index (Phi) is 3.73. The number of aromatic nitrogens is 3. The standard InChI is InChI=1S/C17H18N4O2/c1-11-8-13(21(3)19-11)10-18-16(22)14-9-12-6-4-5-7-15(12)20(2)17(14)23/h4-9H,10H2,1-3H3,(H,18,22). The molecular weight excluding hydrogens is 292 g/mol. The van der Waals surface area contributed by atoms with Gasteiger partial charge in [0.15, 0.2) is 0 Å². The monoisotopic (exact) mass is 310 g/mol. The zero-order chi connectivity index (χ0) is 16.6. The van der Waals surface area contributed by atoms with Gasteiger partial charge in [0, 0.05) is 14.1 Å². The Bertz CT molecular complexity index is 953. The summed E-state index contributed by atoms with van der Waals surface area (Å²) in [6.07, 6.45) is 0. The fourth-order valence-electron chi connectivity index (χ4n) is 2.68. The number of hydrogen-bond acceptors (Lipinski definition) is 3. The molecule has 0 bridgehead atoms. The van der Waals surface area contributed by atoms with E-state index in [1.165, 1.54) is 4.57 Å². The second-order valence-corrected chi connectivity index (χ2v) is 5.56. The van der Waals surface area contributed by atoms with Crippen molar-refractivity contribution in [2.24, 2.45) is 14.1 Å². The lowest BCUT2D eigenvalue weighted by Crippen LogP contribution is -2.32. The normalized spacial score (nSPS) is 10.9. The highest BCUT2D eigenvalue weighted by atomic mass is 16.2. The van der Waals surface area contributed by atoms with Crippen LogP contribution in [0.15, 0.2) is 41.2 Å². The van der Waals surface area contributed by atoms with E-state index in [-0.39, 0.29) is 17.0 Å². The molecule has 0 aliphatic rings. The molecule has 3 rings (SSSR count). The summed E-state index contributed by atoms with van der Waals surface area (Å²) in [7, 11) is 3.50. The van der Waals surface area contributed by atoms with E-state index in [1.54, 1.807) is 17.8 Å². The van der Waals surface area contributed by atoms with Crippen molar-refractivity contribution in [2.75, 3.05) is 0 Å². The zero-order valence-corrected chi connectivity index (χ0v) is 13.3. The lowest BCUT2D eigenvalue weighted by molar-refractivity contribution is 0.0948. The topological polar surface area (TPSA) is 68.9 Å². The van der Waals surface area contributed by atoms with E-state index in [4.69, 9.17) is 0 Å². The molecule has 3 aromatic rings. The van der Waals surface area contributed by atoms with Crippen molar-refractivity contribution in [2.45, 2.75) is 13.5 Å². The third-order valence-corrected chi connectivity index (χ3v) is 3.91. The largest absolute Gasteiger partial charge is 0.346 e. The molecule has 0 aliphatic heterocycles. The van der Waals surface area contributed by atoms with Gasteiger partial charge in [0.1, 0.15) is 5.56 Å². The van der Waals surface area contributed by atoms with Crippen LogP contribution in [-0.4, -0.2) is 20.3 Å². The van der Waals surface area contributed by atoms with Gasteiger partial charge in [-0.1, -0.05) is 18.2 Å². The Morgan fingerprint density at radius 2 is 1.96 bits per heavy atom. The van der Waals surface area contributed by atoms with Crippen LogP contribution in [0, 0.1) is 6.92 Å². The lowest BCUT2D eigenvalue weighted by atomic mass is 10.1. The van der Waals surface area contributed by atoms with E-state index >= 15 is 0 Å². The summed E-state index contributed by atoms with van der Waals surface area (Å²) in [5.74, 6) is -0.379. The van der Waals surface area contributed by atoms with Crippen molar-refractivity contribution in [1.29, 1.82) is 0 Å². The number of nitrogens with zero attached hydrogens (tertiary/aromatic N) is 3. The van der Waals surface area contributed by atoms with Crippen molar-refractivity contribution in [3.8, 4) is 0 Å². The van der Waals surface area contributed by atoms with Gasteiger partial charge in [0.2, 0.25) is 0 Å². The Morgan fingerprint density at radius 3 is 2.65 bits per heavy atom. The average molecular weight is 310 g/mol. The van der Waals surface area contributed by atoms with E-state index in [0.717, 1.165) is 22.3 Å². The number of benzene rings is 1. The smallest absolute Gasteiger partial charge is 0.263 e. The van der Waals surface area contributed by atoms with Gasteiger partial charge >= 0.3 is 0 Å². The quantitative estimate of drug-likeness (QED) is 0.797. The molecule has 6 heteroatoms. The molecule has 0 aliphatic carbocycles. The van der Waals surface area contributed by atoms with Gasteiger partial charge < -0.3 is 9.88 Å². The van der Waals surface area contributed by atoms with Gasteiger partial charge in [0.05, 0.1) is 23.4 Å². The first-order valence-electron chi connectivity index (χ1n) is 7.34. The first kappa shape index (κ1) is 15.0. The molecule has 0 unspecified atom stereocenters. The Hall–Kier alpha value is -2.89. The number of amides is 1. The summed E-state index contributed by atoms with van der Waals surface area (Å²) < 4.78 is 3.21. The minimum atomic E-state index is -0.379. The first-order chi connectivity index (χ1) is 11.0. The zero-order valence-electron chi connectivity index (χ0n) is 13.3. The second-order valence-electron chi connectivity index (χ2n) is 5.56. The van der Waals surface area contributed by atoms with Crippen LogP contribution in [-0.2, 0) is 20.6 Å². The molecule has 0 saturated carbocycles. The SMILES string of the molecule is Cc1cc(CNC(=O)c2cc3ccccc3n(C)c2=O)n(C)n1. The molecule has 0 fully saturated rings. The summed E-state index contributed by atoms with van der Waals surface area (Å²) in [5, 5.41) is 7.88. The van der Waals surface area contributed by atoms with Crippen molar-refractivity contribution < 1.29 is 4.79 Å². The summed E-state index contributed by atoms with van der Waals surface area (Å²) in [6.45, 7) is 2.22. The number of nitrogens with one attached hydrogen (secondary N) is 1. The molecule has 23 heavy (non-hydrogen) atoms. The van der Waals surface area contributed by atoms with Gasteiger partial charge in [-0.3, -0.25) is 14.3 Å². The molecular formula is C17H18N4O2. The lowest BCUT2D eigenvalue weighted by Gasteiger charge is -2.09. The molecule has 0 spiro atoms. The van der Waals surface area contributed by atoms with Crippen LogP contribution >= 0.6 is 0 Å². The number of fused-ring (bicyclic) bond motifs is 1. The number of carbonyl (C=O) groups excluding carboxylic acids is 1. The van der Waals surface area contributed by atoms with Crippen LogP contribution in [0.1, 0.15) is 21.7 Å². The van der Waals surface area contributed by atoms with E-state index in [0.29, 0.717) is 6.54 Å². The number of aryl methyl sites for hydroxylation is 3. The molecule has 6 nitrogen and oxygen atoms in total. The van der Waals surface area contributed by atoms with Gasteiger partial charge in [-0.25, -0.2) is 0 Å². The molecule has 2 heterocycles. The molecule has 0 saturated heterocycles. The van der Waals surface area contributed by atoms with E-state index in [2.05, 4.69) is 10.4 Å². The second kappa shape index (κ2) is 5.72. The Morgan fingerprint density at radius 1 is 1.22 bits per heavy atom. The van der Waals surface area contributed by atoms with E-state index in [1.807, 2.05) is 44.3 Å². The number of carbonyl (C=O) groups is 1. The maximum Gasteiger partial charge on any atom is 0.263 e. The minimum absolute atomic E-state index is 0.144. The summed E-state index contributed by atoms with van der Waals surface area (Å²) >= 11 is 0. The van der Waals surface area contributed by atoms with E-state index < -0.39 is 0 Å². The van der Waals surface area contributed by atoms with Crippen LogP contribution in [0.4, 0.5) is 0 Å². The Balaban J connectivity index is 1.90. The minimum Gasteiger partial charge on any atom is -0.346 e. The number of rotatable bonds is 3. The molecule has 1 amide bonds. The van der Waals surface area contributed by atoms with Crippen LogP contribution in [0.2, 0.25) is 0 Å². The van der Waals surface area contributed by atoms with Crippen LogP contribution < -0.4 is 10.9 Å². The number of hydrogen-bond donors (Lipinski definition) is 1. The fraction of sp³-hybridized carbons (Fsp3) is 0.235. The van der Waals surface area contributed by atoms with Gasteiger partial charge in [0.25, 0.3) is 11.5 Å². The van der Waals surface area contributed by atoms with Crippen molar-refractivity contribution in [1.82, 2.24) is 19.7 Å². The van der Waals surface area contributed by atoms with Gasteiger partial charge in [-0.15, -0.1) is 0 Å². The van der Waals surface area contributed by atoms with Gasteiger partial charge in [-0.05, 0) is 30.5 Å². The average Bonchev–Trinajstić information content (AvgIpc) is 2.86. The fourth-order valence-corrected chi connectivity index (χ4v) is 2.68. The molecule has 1 aromatic carbocycles. The van der Waals surface area contributed by atoms with Crippen LogP contribution in [0.5, 0.6) is 0 Å². The third-order valence-electron chi connectivity index (χ3n) is 3.91. The summed E-state index contributed by atoms with van der Waals surface area (Å²) in [6, 6.07) is 11.0. The number of pyridine rings is 1. The Labute approximate surface area is 133 Å². The third kappa shape index (κ3) is 2.75. The highest BCUT2D eigenvalue weighted by molar-refractivity contribution is 5.97.